The van der Waals surface area contributed by atoms with Crippen molar-refractivity contribution in [1.82, 2.24) is 19.4 Å². The largest absolute Gasteiger partial charge is 0.337 e. The van der Waals surface area contributed by atoms with Crippen molar-refractivity contribution in [2.75, 3.05) is 39.3 Å². The van der Waals surface area contributed by atoms with Gasteiger partial charge in [0.15, 0.2) is 0 Å². The molecule has 10 heteroatoms. The van der Waals surface area contributed by atoms with E-state index < -0.39 is 16.1 Å². The van der Waals surface area contributed by atoms with Crippen molar-refractivity contribution in [3.63, 3.8) is 0 Å². The number of amides is 2. The fourth-order valence-electron chi connectivity index (χ4n) is 5.66. The highest BCUT2D eigenvalue weighted by Crippen LogP contribution is 2.31. The van der Waals surface area contributed by atoms with Crippen LogP contribution >= 0.6 is 11.3 Å². The Balaban J connectivity index is 1.20. The summed E-state index contributed by atoms with van der Waals surface area (Å²) in [6, 6.07) is 10.7. The number of likely N-dealkylation sites (tertiary alicyclic amines) is 3. The summed E-state index contributed by atoms with van der Waals surface area (Å²) in [7, 11) is -3.86. The van der Waals surface area contributed by atoms with Gasteiger partial charge in [0.25, 0.3) is 10.0 Å². The summed E-state index contributed by atoms with van der Waals surface area (Å²) in [5.41, 5.74) is 2.10. The first-order valence-corrected chi connectivity index (χ1v) is 15.6. The summed E-state index contributed by atoms with van der Waals surface area (Å²) < 4.78 is 29.1. The number of piperidine rings is 1. The van der Waals surface area contributed by atoms with Crippen molar-refractivity contribution < 1.29 is 18.0 Å². The van der Waals surface area contributed by atoms with E-state index in [4.69, 9.17) is 0 Å². The zero-order valence-corrected chi connectivity index (χ0v) is 23.0. The predicted molar refractivity (Wildman–Crippen MR) is 145 cm³/mol. The van der Waals surface area contributed by atoms with Gasteiger partial charge in [-0.05, 0) is 76.2 Å². The Kier molecular flexibility index (Phi) is 7.99. The van der Waals surface area contributed by atoms with Crippen LogP contribution in [-0.4, -0.2) is 86.3 Å². The predicted octanol–water partition coefficient (Wildman–Crippen LogP) is 3.08. The average Bonchev–Trinajstić information content (AvgIpc) is 3.65. The topological polar surface area (TPSA) is 90.0 Å². The number of thiophene rings is 1. The molecule has 8 nitrogen and oxygen atoms in total. The van der Waals surface area contributed by atoms with Gasteiger partial charge in [-0.3, -0.25) is 9.59 Å². The molecule has 0 radical (unpaired) electrons. The van der Waals surface area contributed by atoms with Crippen molar-refractivity contribution in [2.24, 2.45) is 0 Å². The van der Waals surface area contributed by atoms with Gasteiger partial charge in [0, 0.05) is 30.6 Å². The Morgan fingerprint density at radius 3 is 2.46 bits per heavy atom. The van der Waals surface area contributed by atoms with Crippen LogP contribution in [0.25, 0.3) is 10.4 Å². The van der Waals surface area contributed by atoms with Gasteiger partial charge in [-0.15, -0.1) is 11.3 Å². The Morgan fingerprint density at radius 2 is 1.70 bits per heavy atom. The number of hydrogen-bond acceptors (Lipinski definition) is 6. The Labute approximate surface area is 223 Å². The van der Waals surface area contributed by atoms with Crippen molar-refractivity contribution in [3.8, 4) is 10.4 Å². The van der Waals surface area contributed by atoms with Gasteiger partial charge in [0.05, 0.1) is 6.54 Å². The molecule has 2 amide bonds. The van der Waals surface area contributed by atoms with Crippen LogP contribution in [0.2, 0.25) is 0 Å². The molecule has 2 atom stereocenters. The minimum atomic E-state index is -3.86. The van der Waals surface area contributed by atoms with E-state index in [1.807, 2.05) is 36.1 Å². The number of rotatable bonds is 8. The van der Waals surface area contributed by atoms with Gasteiger partial charge < -0.3 is 14.7 Å². The first kappa shape index (κ1) is 26.3. The maximum absolute atomic E-state index is 13.2. The zero-order chi connectivity index (χ0) is 26.0. The number of nitrogens with zero attached hydrogens (tertiary/aromatic N) is 3. The number of sulfonamides is 1. The van der Waals surface area contributed by atoms with Crippen molar-refractivity contribution in [1.29, 1.82) is 0 Å². The number of benzene rings is 1. The van der Waals surface area contributed by atoms with Crippen LogP contribution in [0.3, 0.4) is 0 Å². The molecule has 1 N–H and O–H groups in total. The lowest BCUT2D eigenvalue weighted by Crippen LogP contribution is -2.55. The zero-order valence-electron chi connectivity index (χ0n) is 21.4. The average molecular weight is 545 g/mol. The monoisotopic (exact) mass is 544 g/mol. The standard InChI is InChI=1S/C27H36N4O4S2/c1-20-8-10-21(11-9-20)24-12-13-26(36-24)37(34,35)28-23-7-5-16-30(27(23)33)19-25(32)31-17-4-6-22(31)18-29-14-2-3-15-29/h8-13,22-23,28H,2-7,14-19H2,1H3/t22-,23-/m0/s1. The minimum absolute atomic E-state index is 0.0180. The van der Waals surface area contributed by atoms with Gasteiger partial charge in [0.2, 0.25) is 11.8 Å². The number of carbonyl (C=O) groups excluding carboxylic acids is 2. The van der Waals surface area contributed by atoms with Gasteiger partial charge in [-0.1, -0.05) is 29.8 Å². The Morgan fingerprint density at radius 1 is 0.973 bits per heavy atom. The molecular formula is C27H36N4O4S2. The second-order valence-corrected chi connectivity index (χ2v) is 13.5. The van der Waals surface area contributed by atoms with Gasteiger partial charge in [0.1, 0.15) is 10.3 Å². The molecule has 1 aromatic heterocycles. The first-order chi connectivity index (χ1) is 17.8. The minimum Gasteiger partial charge on any atom is -0.337 e. The van der Waals surface area contributed by atoms with Gasteiger partial charge >= 0.3 is 0 Å². The molecule has 4 heterocycles. The third kappa shape index (κ3) is 6.08. The lowest BCUT2D eigenvalue weighted by molar-refractivity contribution is -0.143. The highest BCUT2D eigenvalue weighted by Gasteiger charge is 2.36. The van der Waals surface area contributed by atoms with E-state index in [1.165, 1.54) is 29.1 Å². The molecule has 2 aromatic rings. The second-order valence-electron chi connectivity index (χ2n) is 10.5. The van der Waals surface area contributed by atoms with E-state index in [9.17, 15) is 18.0 Å². The third-order valence-corrected chi connectivity index (χ3v) is 10.8. The molecule has 0 saturated carbocycles. The molecule has 3 fully saturated rings. The molecule has 200 valence electrons. The summed E-state index contributed by atoms with van der Waals surface area (Å²) in [6.07, 6.45) is 5.52. The van der Waals surface area contributed by atoms with Crippen molar-refractivity contribution in [2.45, 2.75) is 61.7 Å². The quantitative estimate of drug-likeness (QED) is 0.552. The summed E-state index contributed by atoms with van der Waals surface area (Å²) in [6.45, 7) is 6.34. The van der Waals surface area contributed by atoms with Crippen LogP contribution in [-0.2, 0) is 19.6 Å². The molecule has 3 saturated heterocycles. The van der Waals surface area contributed by atoms with E-state index in [-0.39, 0.29) is 28.6 Å². The summed E-state index contributed by atoms with van der Waals surface area (Å²) in [5.74, 6) is -0.340. The lowest BCUT2D eigenvalue weighted by atomic mass is 10.1. The molecular weight excluding hydrogens is 508 g/mol. The molecule has 5 rings (SSSR count). The van der Waals surface area contributed by atoms with Crippen LogP contribution in [0.4, 0.5) is 0 Å². The van der Waals surface area contributed by atoms with E-state index in [2.05, 4.69) is 9.62 Å². The number of aryl methyl sites for hydroxylation is 1. The fourth-order valence-corrected chi connectivity index (χ4v) is 8.21. The molecule has 0 unspecified atom stereocenters. The fraction of sp³-hybridized carbons (Fsp3) is 0.556. The van der Waals surface area contributed by atoms with Gasteiger partial charge in [-0.2, -0.15) is 4.72 Å². The molecule has 3 aliphatic heterocycles. The Bertz CT molecular complexity index is 1220. The van der Waals surface area contributed by atoms with Crippen LogP contribution in [0.5, 0.6) is 0 Å². The van der Waals surface area contributed by atoms with Crippen LogP contribution in [0.1, 0.15) is 44.1 Å². The molecule has 37 heavy (non-hydrogen) atoms. The van der Waals surface area contributed by atoms with Crippen LogP contribution in [0, 0.1) is 6.92 Å². The lowest BCUT2D eigenvalue weighted by Gasteiger charge is -2.34. The van der Waals surface area contributed by atoms with E-state index in [0.29, 0.717) is 19.4 Å². The number of nitrogens with one attached hydrogen (secondary N) is 1. The number of hydrogen-bond donors (Lipinski definition) is 1. The van der Waals surface area contributed by atoms with E-state index >= 15 is 0 Å². The third-order valence-electron chi connectivity index (χ3n) is 7.70. The molecule has 1 aromatic carbocycles. The van der Waals surface area contributed by atoms with Crippen molar-refractivity contribution in [3.05, 3.63) is 42.0 Å². The van der Waals surface area contributed by atoms with Crippen LogP contribution in [0.15, 0.2) is 40.6 Å². The van der Waals surface area contributed by atoms with E-state index in [0.717, 1.165) is 55.0 Å². The van der Waals surface area contributed by atoms with E-state index in [1.54, 1.807) is 12.1 Å². The molecule has 0 spiro atoms. The molecule has 3 aliphatic rings. The normalized spacial score (nSPS) is 23.2. The summed E-state index contributed by atoms with van der Waals surface area (Å²) >= 11 is 1.19. The first-order valence-electron chi connectivity index (χ1n) is 13.3. The second kappa shape index (κ2) is 11.2. The molecule has 0 bridgehead atoms. The number of carbonyl (C=O) groups is 2. The van der Waals surface area contributed by atoms with Crippen molar-refractivity contribution >= 4 is 33.2 Å². The molecule has 0 aliphatic carbocycles. The smallest absolute Gasteiger partial charge is 0.250 e. The Hall–Kier alpha value is -2.27. The maximum atomic E-state index is 13.2. The SMILES string of the molecule is Cc1ccc(-c2ccc(S(=O)(=O)N[C@H]3CCCN(CC(=O)N4CCC[C@H]4CN4CCCC4)C3=O)s2)cc1. The summed E-state index contributed by atoms with van der Waals surface area (Å²) in [4.78, 5) is 33.2. The summed E-state index contributed by atoms with van der Waals surface area (Å²) in [5, 5.41) is 0. The van der Waals surface area contributed by atoms with Crippen LogP contribution < -0.4 is 4.72 Å². The maximum Gasteiger partial charge on any atom is 0.250 e. The van der Waals surface area contributed by atoms with Gasteiger partial charge in [-0.25, -0.2) is 8.42 Å². The highest BCUT2D eigenvalue weighted by atomic mass is 32.2. The highest BCUT2D eigenvalue weighted by molar-refractivity contribution is 7.91.